The van der Waals surface area contributed by atoms with Crippen LogP contribution < -0.4 is 11.3 Å². The van der Waals surface area contributed by atoms with Crippen molar-refractivity contribution < 1.29 is 18.0 Å². The topological polar surface area (TPSA) is 85.3 Å². The number of halogens is 3. The van der Waals surface area contributed by atoms with E-state index in [1.807, 2.05) is 18.4 Å². The number of aryl methyl sites for hydroxylation is 1. The lowest BCUT2D eigenvalue weighted by Crippen LogP contribution is -2.30. The molecule has 3 rings (SSSR count). The number of rotatable bonds is 3. The minimum Gasteiger partial charge on any atom is -0.289 e. The van der Waals surface area contributed by atoms with Gasteiger partial charge in [-0.15, -0.1) is 11.3 Å². The van der Waals surface area contributed by atoms with Crippen LogP contribution in [0.4, 0.5) is 13.2 Å². The maximum atomic E-state index is 13.4. The van der Waals surface area contributed by atoms with Crippen molar-refractivity contribution >= 4 is 22.9 Å². The molecule has 24 heavy (non-hydrogen) atoms. The fourth-order valence-corrected chi connectivity index (χ4v) is 3.10. The molecule has 0 saturated carbocycles. The van der Waals surface area contributed by atoms with Gasteiger partial charge in [0.15, 0.2) is 17.0 Å². The average molecular weight is 355 g/mol. The van der Waals surface area contributed by atoms with Gasteiger partial charge in [0.2, 0.25) is 0 Å². The summed E-state index contributed by atoms with van der Waals surface area (Å²) in [5, 5.41) is 3.65. The number of hydrazine groups is 1. The van der Waals surface area contributed by atoms with E-state index in [1.165, 1.54) is 11.3 Å². The SMILES string of the molecule is CCc1ccc(-c2cc(C(F)(F)F)n3nc(C(=O)NN)cc3n2)s1. The first kappa shape index (κ1) is 16.4. The summed E-state index contributed by atoms with van der Waals surface area (Å²) in [5.41, 5.74) is 0.685. The molecule has 3 aromatic heterocycles. The van der Waals surface area contributed by atoms with Crippen LogP contribution >= 0.6 is 11.3 Å². The molecule has 0 unspecified atom stereocenters. The zero-order chi connectivity index (χ0) is 17.5. The fraction of sp³-hybridized carbons (Fsp3) is 0.214. The third-order valence-electron chi connectivity index (χ3n) is 3.34. The van der Waals surface area contributed by atoms with Gasteiger partial charge in [-0.2, -0.15) is 18.3 Å². The number of alkyl halides is 3. The maximum Gasteiger partial charge on any atom is 0.433 e. The molecular formula is C14H12F3N5OS. The second-order valence-corrected chi connectivity index (χ2v) is 6.09. The first-order valence-corrected chi connectivity index (χ1v) is 7.73. The highest BCUT2D eigenvalue weighted by molar-refractivity contribution is 7.15. The van der Waals surface area contributed by atoms with Gasteiger partial charge in [0.1, 0.15) is 0 Å². The van der Waals surface area contributed by atoms with Gasteiger partial charge in [-0.05, 0) is 24.6 Å². The first-order valence-electron chi connectivity index (χ1n) is 6.91. The van der Waals surface area contributed by atoms with Crippen LogP contribution in [0, 0.1) is 0 Å². The molecule has 0 aromatic carbocycles. The highest BCUT2D eigenvalue weighted by Crippen LogP contribution is 2.34. The molecule has 0 aliphatic heterocycles. The molecule has 10 heteroatoms. The van der Waals surface area contributed by atoms with Crippen LogP contribution in [-0.2, 0) is 12.6 Å². The van der Waals surface area contributed by atoms with Crippen LogP contribution in [0.25, 0.3) is 16.2 Å². The molecule has 0 bridgehead atoms. The van der Waals surface area contributed by atoms with Gasteiger partial charge in [0.05, 0.1) is 10.6 Å². The van der Waals surface area contributed by atoms with E-state index in [0.29, 0.717) is 9.39 Å². The lowest BCUT2D eigenvalue weighted by atomic mass is 10.2. The Labute approximate surface area is 138 Å². The molecule has 0 aliphatic carbocycles. The molecule has 0 atom stereocenters. The molecule has 0 spiro atoms. The minimum atomic E-state index is -4.65. The molecular weight excluding hydrogens is 343 g/mol. The summed E-state index contributed by atoms with van der Waals surface area (Å²) >= 11 is 1.37. The Morgan fingerprint density at radius 1 is 1.38 bits per heavy atom. The van der Waals surface area contributed by atoms with Gasteiger partial charge in [-0.25, -0.2) is 15.3 Å². The minimum absolute atomic E-state index is 0.0788. The first-order chi connectivity index (χ1) is 11.3. The van der Waals surface area contributed by atoms with E-state index in [1.54, 1.807) is 6.07 Å². The maximum absolute atomic E-state index is 13.4. The summed E-state index contributed by atoms with van der Waals surface area (Å²) in [6.45, 7) is 1.96. The van der Waals surface area contributed by atoms with Crippen molar-refractivity contribution in [3.63, 3.8) is 0 Å². The second kappa shape index (κ2) is 5.87. The highest BCUT2D eigenvalue weighted by atomic mass is 32.1. The van der Waals surface area contributed by atoms with Crippen molar-refractivity contribution in [3.8, 4) is 10.6 Å². The summed E-state index contributed by atoms with van der Waals surface area (Å²) in [5.74, 6) is 4.21. The van der Waals surface area contributed by atoms with Crippen LogP contribution in [0.2, 0.25) is 0 Å². The average Bonchev–Trinajstić information content (AvgIpc) is 3.18. The van der Waals surface area contributed by atoms with Crippen molar-refractivity contribution in [3.05, 3.63) is 40.5 Å². The van der Waals surface area contributed by atoms with Crippen molar-refractivity contribution in [2.24, 2.45) is 5.84 Å². The molecule has 3 heterocycles. The van der Waals surface area contributed by atoms with E-state index < -0.39 is 17.8 Å². The van der Waals surface area contributed by atoms with Gasteiger partial charge < -0.3 is 0 Å². The molecule has 0 saturated heterocycles. The quantitative estimate of drug-likeness (QED) is 0.430. The summed E-state index contributed by atoms with van der Waals surface area (Å²) in [6.07, 6.45) is -3.87. The number of nitrogens with zero attached hydrogens (tertiary/aromatic N) is 3. The number of thiophene rings is 1. The monoisotopic (exact) mass is 355 g/mol. The van der Waals surface area contributed by atoms with E-state index in [9.17, 15) is 18.0 Å². The van der Waals surface area contributed by atoms with Crippen molar-refractivity contribution in [1.29, 1.82) is 0 Å². The lowest BCUT2D eigenvalue weighted by molar-refractivity contribution is -0.142. The van der Waals surface area contributed by atoms with E-state index >= 15 is 0 Å². The third-order valence-corrected chi connectivity index (χ3v) is 4.60. The molecule has 0 fully saturated rings. The van der Waals surface area contributed by atoms with Crippen LogP contribution in [0.15, 0.2) is 24.3 Å². The number of aromatic nitrogens is 3. The number of nitrogen functional groups attached to an aromatic ring is 1. The largest absolute Gasteiger partial charge is 0.433 e. The molecule has 6 nitrogen and oxygen atoms in total. The van der Waals surface area contributed by atoms with E-state index in [-0.39, 0.29) is 17.0 Å². The van der Waals surface area contributed by atoms with Crippen molar-refractivity contribution in [2.45, 2.75) is 19.5 Å². The third kappa shape index (κ3) is 2.85. The fourth-order valence-electron chi connectivity index (χ4n) is 2.19. The van der Waals surface area contributed by atoms with Crippen LogP contribution in [0.5, 0.6) is 0 Å². The summed E-state index contributed by atoms with van der Waals surface area (Å²) < 4.78 is 40.7. The number of amides is 1. The standard InChI is InChI=1S/C14H12F3N5OS/c1-2-7-3-4-10(24-7)8-5-11(14(15,16)17)22-12(19-8)6-9(21-22)13(23)20-18/h3-6H,2,18H2,1H3,(H,20,23). The van der Waals surface area contributed by atoms with Gasteiger partial charge in [-0.3, -0.25) is 10.2 Å². The van der Waals surface area contributed by atoms with Gasteiger partial charge in [0.25, 0.3) is 5.91 Å². The van der Waals surface area contributed by atoms with E-state index in [2.05, 4.69) is 10.1 Å². The number of carbonyl (C=O) groups excluding carboxylic acids is 1. The van der Waals surface area contributed by atoms with Crippen LogP contribution in [0.3, 0.4) is 0 Å². The molecule has 3 aromatic rings. The lowest BCUT2D eigenvalue weighted by Gasteiger charge is -2.10. The van der Waals surface area contributed by atoms with E-state index in [0.717, 1.165) is 23.4 Å². The predicted molar refractivity (Wildman–Crippen MR) is 82.3 cm³/mol. The number of nitrogens with two attached hydrogens (primary N) is 1. The molecule has 1 amide bonds. The van der Waals surface area contributed by atoms with Crippen molar-refractivity contribution in [2.75, 3.05) is 0 Å². The Kier molecular flexibility index (Phi) is 4.01. The smallest absolute Gasteiger partial charge is 0.289 e. The summed E-state index contributed by atoms with van der Waals surface area (Å²) in [7, 11) is 0. The molecule has 0 radical (unpaired) electrons. The Morgan fingerprint density at radius 2 is 2.12 bits per heavy atom. The summed E-state index contributed by atoms with van der Waals surface area (Å²) in [6, 6.07) is 5.67. The predicted octanol–water partition coefficient (Wildman–Crippen LogP) is 2.64. The van der Waals surface area contributed by atoms with Gasteiger partial charge in [-0.1, -0.05) is 6.92 Å². The Balaban J connectivity index is 2.23. The number of nitrogens with one attached hydrogen (secondary N) is 1. The Hall–Kier alpha value is -2.46. The zero-order valence-electron chi connectivity index (χ0n) is 12.4. The highest BCUT2D eigenvalue weighted by Gasteiger charge is 2.35. The Morgan fingerprint density at radius 3 is 2.71 bits per heavy atom. The van der Waals surface area contributed by atoms with E-state index in [4.69, 9.17) is 5.84 Å². The molecule has 0 aliphatic rings. The van der Waals surface area contributed by atoms with Crippen LogP contribution in [0.1, 0.15) is 28.0 Å². The summed E-state index contributed by atoms with van der Waals surface area (Å²) in [4.78, 5) is 17.4. The number of hydrogen-bond donors (Lipinski definition) is 2. The zero-order valence-corrected chi connectivity index (χ0v) is 13.2. The van der Waals surface area contributed by atoms with Gasteiger partial charge >= 0.3 is 6.18 Å². The normalized spacial score (nSPS) is 11.9. The number of hydrogen-bond acceptors (Lipinski definition) is 5. The van der Waals surface area contributed by atoms with Crippen molar-refractivity contribution in [1.82, 2.24) is 20.0 Å². The number of fused-ring (bicyclic) bond motifs is 1. The number of carbonyl (C=O) groups is 1. The van der Waals surface area contributed by atoms with Gasteiger partial charge in [0, 0.05) is 10.9 Å². The second-order valence-electron chi connectivity index (χ2n) is 4.92. The Bertz CT molecular complexity index is 915. The van der Waals surface area contributed by atoms with Crippen LogP contribution in [-0.4, -0.2) is 20.5 Å². The molecule has 3 N–H and O–H groups in total. The molecule has 126 valence electrons.